The topological polar surface area (TPSA) is 50.8 Å². The number of rotatable bonds is 10. The smallest absolute Gasteiger partial charge is 0.339 e. The fourth-order valence-electron chi connectivity index (χ4n) is 7.24. The summed E-state index contributed by atoms with van der Waals surface area (Å²) in [5.41, 5.74) is 11.8. The summed E-state index contributed by atoms with van der Waals surface area (Å²) in [6.07, 6.45) is -0.561. The van der Waals surface area contributed by atoms with Gasteiger partial charge in [0.15, 0.2) is 6.10 Å². The van der Waals surface area contributed by atoms with Gasteiger partial charge in [-0.05, 0) is 92.3 Å². The third kappa shape index (κ3) is 6.72. The summed E-state index contributed by atoms with van der Waals surface area (Å²) in [6, 6.07) is 44.8. The molecule has 6 aromatic carbocycles. The fraction of sp³-hybridized carbons (Fsp3) is 0.196. The van der Waals surface area contributed by atoms with Gasteiger partial charge in [-0.1, -0.05) is 103 Å². The largest absolute Gasteiger partial charge is 0.457 e. The second kappa shape index (κ2) is 14.6. The Hall–Kier alpha value is -5.81. The van der Waals surface area contributed by atoms with Crippen molar-refractivity contribution in [1.29, 1.82) is 0 Å². The van der Waals surface area contributed by atoms with Gasteiger partial charge < -0.3 is 19.7 Å². The number of ether oxygens (including phenoxy) is 2. The summed E-state index contributed by atoms with van der Waals surface area (Å²) in [6.45, 7) is 12.5. The van der Waals surface area contributed by atoms with Crippen LogP contribution in [0, 0.1) is 20.8 Å². The number of esters is 1. The SMILES string of the molecule is CCN(CC)c1ccc2c(c1)Oc1cc(C)c(Nc3c(C)cccc3C)cc1C2c1ccccc1C(=O)OC(c1ccccc1)c1ccccc1. The number of carbonyl (C=O) groups excluding carboxylic acids is 1. The van der Waals surface area contributed by atoms with Gasteiger partial charge >= 0.3 is 5.97 Å². The van der Waals surface area contributed by atoms with Crippen LogP contribution in [0.2, 0.25) is 0 Å². The molecule has 1 aliphatic heterocycles. The molecule has 0 aliphatic carbocycles. The number of carbonyl (C=O) groups is 1. The zero-order valence-corrected chi connectivity index (χ0v) is 29.9. The summed E-state index contributed by atoms with van der Waals surface area (Å²) >= 11 is 0. The summed E-state index contributed by atoms with van der Waals surface area (Å²) in [5.74, 6) is 0.910. The lowest BCUT2D eigenvalue weighted by Crippen LogP contribution is -2.22. The molecule has 0 bridgehead atoms. The van der Waals surface area contributed by atoms with E-state index in [0.717, 1.165) is 75.0 Å². The molecule has 1 atom stereocenters. The van der Waals surface area contributed by atoms with Crippen molar-refractivity contribution in [3.8, 4) is 11.5 Å². The highest BCUT2D eigenvalue weighted by atomic mass is 16.5. The van der Waals surface area contributed by atoms with Crippen molar-refractivity contribution in [1.82, 2.24) is 0 Å². The number of fused-ring (bicyclic) bond motifs is 2. The Balaban J connectivity index is 1.36. The number of nitrogens with zero attached hydrogens (tertiary/aromatic N) is 1. The molecule has 1 aliphatic rings. The third-order valence-corrected chi connectivity index (χ3v) is 9.99. The molecule has 0 saturated carbocycles. The van der Waals surface area contributed by atoms with Crippen LogP contribution in [0.5, 0.6) is 11.5 Å². The van der Waals surface area contributed by atoms with Gasteiger partial charge in [-0.15, -0.1) is 0 Å². The Kier molecular flexibility index (Phi) is 9.63. The minimum absolute atomic E-state index is 0.288. The lowest BCUT2D eigenvalue weighted by molar-refractivity contribution is 0.0376. The van der Waals surface area contributed by atoms with E-state index in [1.165, 1.54) is 11.1 Å². The summed E-state index contributed by atoms with van der Waals surface area (Å²) in [7, 11) is 0. The normalized spacial score (nSPS) is 13.2. The monoisotopic (exact) mass is 672 g/mol. The maximum atomic E-state index is 14.5. The Morgan fingerprint density at radius 2 is 1.27 bits per heavy atom. The summed E-state index contributed by atoms with van der Waals surface area (Å²) in [4.78, 5) is 16.8. The molecular weight excluding hydrogens is 629 g/mol. The lowest BCUT2D eigenvalue weighted by Gasteiger charge is -2.32. The van der Waals surface area contributed by atoms with Crippen LogP contribution in [0.15, 0.2) is 133 Å². The Morgan fingerprint density at radius 3 is 1.92 bits per heavy atom. The molecule has 0 radical (unpaired) electrons. The van der Waals surface area contributed by atoms with Crippen molar-refractivity contribution in [2.45, 2.75) is 46.6 Å². The first kappa shape index (κ1) is 33.7. The van der Waals surface area contributed by atoms with Crippen molar-refractivity contribution >= 4 is 23.0 Å². The molecule has 5 nitrogen and oxygen atoms in total. The molecule has 0 spiro atoms. The molecular formula is C46H44N2O3. The van der Waals surface area contributed by atoms with E-state index in [1.54, 1.807) is 0 Å². The number of nitrogens with one attached hydrogen (secondary N) is 1. The van der Waals surface area contributed by atoms with Crippen LogP contribution in [-0.2, 0) is 4.74 Å². The number of anilines is 3. The van der Waals surface area contributed by atoms with Gasteiger partial charge in [0, 0.05) is 53.3 Å². The maximum Gasteiger partial charge on any atom is 0.339 e. The third-order valence-electron chi connectivity index (χ3n) is 9.99. The standard InChI is InChI=1S/C46H44N2O3/c1-6-48(7-2)35-25-26-38-42(28-35)50-41-27-32(5)40(47-44-30(3)17-16-18-31(44)4)29-39(41)43(38)36-23-14-15-24-37(36)46(49)51-45(33-19-10-8-11-20-33)34-21-12-9-13-22-34/h8-29,43,45,47H,6-7H2,1-5H3. The highest BCUT2D eigenvalue weighted by Gasteiger charge is 2.34. The van der Waals surface area contributed by atoms with Crippen LogP contribution in [0.4, 0.5) is 17.1 Å². The first-order chi connectivity index (χ1) is 24.9. The van der Waals surface area contributed by atoms with Gasteiger partial charge in [0.2, 0.25) is 0 Å². The highest BCUT2D eigenvalue weighted by molar-refractivity contribution is 5.92. The molecule has 0 aromatic heterocycles. The summed E-state index contributed by atoms with van der Waals surface area (Å²) in [5, 5.41) is 3.74. The number of aryl methyl sites for hydroxylation is 3. The first-order valence-electron chi connectivity index (χ1n) is 17.8. The zero-order valence-electron chi connectivity index (χ0n) is 29.9. The number of hydrogen-bond acceptors (Lipinski definition) is 5. The van der Waals surface area contributed by atoms with Crippen LogP contribution >= 0.6 is 0 Å². The van der Waals surface area contributed by atoms with Crippen LogP contribution < -0.4 is 15.0 Å². The van der Waals surface area contributed by atoms with Crippen LogP contribution in [0.25, 0.3) is 0 Å². The van der Waals surface area contributed by atoms with Crippen molar-refractivity contribution in [2.24, 2.45) is 0 Å². The molecule has 1 heterocycles. The molecule has 0 amide bonds. The van der Waals surface area contributed by atoms with Crippen LogP contribution in [0.1, 0.15) is 80.7 Å². The van der Waals surface area contributed by atoms with Crippen molar-refractivity contribution in [3.63, 3.8) is 0 Å². The Labute approximate surface area is 301 Å². The first-order valence-corrected chi connectivity index (χ1v) is 17.8. The second-order valence-corrected chi connectivity index (χ2v) is 13.2. The minimum Gasteiger partial charge on any atom is -0.457 e. The van der Waals surface area contributed by atoms with E-state index in [0.29, 0.717) is 5.56 Å². The van der Waals surface area contributed by atoms with E-state index in [-0.39, 0.29) is 11.9 Å². The Bertz CT molecular complexity index is 2110. The highest BCUT2D eigenvalue weighted by Crippen LogP contribution is 2.51. The minimum atomic E-state index is -0.561. The van der Waals surface area contributed by atoms with Gasteiger partial charge in [-0.3, -0.25) is 0 Å². The molecule has 1 N–H and O–H groups in total. The number of hydrogen-bond donors (Lipinski definition) is 1. The lowest BCUT2D eigenvalue weighted by atomic mass is 9.80. The van der Waals surface area contributed by atoms with Crippen LogP contribution in [-0.4, -0.2) is 19.1 Å². The molecule has 51 heavy (non-hydrogen) atoms. The maximum absolute atomic E-state index is 14.5. The average molecular weight is 673 g/mol. The van der Waals surface area contributed by atoms with Gasteiger partial charge in [-0.2, -0.15) is 0 Å². The van der Waals surface area contributed by atoms with Gasteiger partial charge in [0.1, 0.15) is 11.5 Å². The number of benzene rings is 6. The van der Waals surface area contributed by atoms with Gasteiger partial charge in [-0.25, -0.2) is 4.79 Å². The Morgan fingerprint density at radius 1 is 0.667 bits per heavy atom. The van der Waals surface area contributed by atoms with Crippen molar-refractivity contribution in [2.75, 3.05) is 23.3 Å². The van der Waals surface area contributed by atoms with Gasteiger partial charge in [0.25, 0.3) is 0 Å². The van der Waals surface area contributed by atoms with Crippen LogP contribution in [0.3, 0.4) is 0 Å². The molecule has 0 fully saturated rings. The number of para-hydroxylation sites is 1. The van der Waals surface area contributed by atoms with E-state index in [9.17, 15) is 4.79 Å². The van der Waals surface area contributed by atoms with Gasteiger partial charge in [0.05, 0.1) is 5.56 Å². The molecule has 5 heteroatoms. The molecule has 7 rings (SSSR count). The molecule has 256 valence electrons. The summed E-state index contributed by atoms with van der Waals surface area (Å²) < 4.78 is 13.2. The zero-order chi connectivity index (χ0) is 35.5. The molecule has 6 aromatic rings. The molecule has 1 unspecified atom stereocenters. The predicted octanol–water partition coefficient (Wildman–Crippen LogP) is 11.4. The quantitative estimate of drug-likeness (QED) is 0.147. The van der Waals surface area contributed by atoms with E-state index in [1.807, 2.05) is 78.9 Å². The molecule has 0 saturated heterocycles. The van der Waals surface area contributed by atoms with E-state index in [4.69, 9.17) is 9.47 Å². The van der Waals surface area contributed by atoms with E-state index < -0.39 is 6.10 Å². The second-order valence-electron chi connectivity index (χ2n) is 13.2. The fourth-order valence-corrected chi connectivity index (χ4v) is 7.24. The van der Waals surface area contributed by atoms with E-state index in [2.05, 4.69) is 99.4 Å². The van der Waals surface area contributed by atoms with E-state index >= 15 is 0 Å². The van der Waals surface area contributed by atoms with Crippen molar-refractivity contribution < 1.29 is 14.3 Å². The average Bonchev–Trinajstić information content (AvgIpc) is 3.16. The predicted molar refractivity (Wildman–Crippen MR) is 208 cm³/mol. The van der Waals surface area contributed by atoms with Crippen molar-refractivity contribution in [3.05, 3.63) is 184 Å².